The Balaban J connectivity index is 1.31. The highest BCUT2D eigenvalue weighted by Gasteiger charge is 2.41. The Kier molecular flexibility index (Phi) is 9.54. The van der Waals surface area contributed by atoms with Crippen molar-refractivity contribution >= 4 is 0 Å². The third kappa shape index (κ3) is 7.48. The molecule has 5 rings (SSSR count). The van der Waals surface area contributed by atoms with E-state index in [2.05, 4.69) is 9.80 Å². The van der Waals surface area contributed by atoms with E-state index in [1.165, 1.54) is 51.4 Å². The maximum atomic E-state index is 13.8. The Morgan fingerprint density at radius 1 is 0.786 bits per heavy atom. The smallest absolute Gasteiger partial charge is 0.370 e. The van der Waals surface area contributed by atoms with Gasteiger partial charge in [0.25, 0.3) is 0 Å². The fourth-order valence-electron chi connectivity index (χ4n) is 7.21. The minimum absolute atomic E-state index is 0.137. The van der Waals surface area contributed by atoms with Crippen LogP contribution in [0, 0.1) is 11.7 Å². The number of hydrogen-bond acceptors (Lipinski definition) is 3. The molecule has 0 spiro atoms. The molecule has 0 bridgehead atoms. The van der Waals surface area contributed by atoms with Gasteiger partial charge in [-0.15, -0.1) is 0 Å². The van der Waals surface area contributed by atoms with E-state index in [4.69, 9.17) is 4.74 Å². The normalized spacial score (nSPS) is 26.0. The molecule has 0 radical (unpaired) electrons. The molecule has 4 atom stereocenters. The lowest BCUT2D eigenvalue weighted by Crippen LogP contribution is -2.47. The molecule has 3 aliphatic rings. The van der Waals surface area contributed by atoms with Crippen LogP contribution in [0.4, 0.5) is 30.7 Å². The number of benzene rings is 2. The van der Waals surface area contributed by atoms with Gasteiger partial charge in [-0.2, -0.15) is 26.3 Å². The van der Waals surface area contributed by atoms with Crippen molar-refractivity contribution in [2.24, 2.45) is 5.92 Å². The Morgan fingerprint density at radius 3 is 1.95 bits per heavy atom. The van der Waals surface area contributed by atoms with Crippen LogP contribution in [-0.4, -0.2) is 54.7 Å². The molecule has 4 unspecified atom stereocenters. The summed E-state index contributed by atoms with van der Waals surface area (Å²) in [5, 5.41) is 0. The zero-order chi connectivity index (χ0) is 30.1. The largest absolute Gasteiger partial charge is 0.416 e. The van der Waals surface area contributed by atoms with E-state index in [9.17, 15) is 30.7 Å². The van der Waals surface area contributed by atoms with Crippen LogP contribution >= 0.6 is 0 Å². The number of piperidine rings is 2. The quantitative estimate of drug-likeness (QED) is 0.297. The second kappa shape index (κ2) is 12.8. The van der Waals surface area contributed by atoms with Gasteiger partial charge in [0.05, 0.1) is 23.3 Å². The highest BCUT2D eigenvalue weighted by molar-refractivity contribution is 5.35. The number of likely N-dealkylation sites (tertiary alicyclic amines) is 2. The molecule has 0 aromatic heterocycles. The summed E-state index contributed by atoms with van der Waals surface area (Å²) in [6, 6.07) is 8.44. The number of rotatable bonds is 7. The highest BCUT2D eigenvalue weighted by Crippen LogP contribution is 2.45. The minimum atomic E-state index is -4.92. The third-order valence-corrected chi connectivity index (χ3v) is 9.40. The molecule has 0 amide bonds. The van der Waals surface area contributed by atoms with Gasteiger partial charge in [-0.1, -0.05) is 18.6 Å². The van der Waals surface area contributed by atoms with Crippen molar-refractivity contribution in [3.8, 4) is 0 Å². The van der Waals surface area contributed by atoms with Gasteiger partial charge in [0.15, 0.2) is 0 Å². The molecular weight excluding hydrogens is 561 g/mol. The van der Waals surface area contributed by atoms with Crippen molar-refractivity contribution in [2.45, 2.75) is 88.4 Å². The van der Waals surface area contributed by atoms with Gasteiger partial charge in [-0.3, -0.25) is 0 Å². The van der Waals surface area contributed by atoms with Crippen molar-refractivity contribution in [3.05, 3.63) is 70.5 Å². The first-order valence-electron chi connectivity index (χ1n) is 15.0. The summed E-state index contributed by atoms with van der Waals surface area (Å²) in [6.45, 7) is 6.64. The second-order valence-corrected chi connectivity index (χ2v) is 12.2. The van der Waals surface area contributed by atoms with Crippen molar-refractivity contribution in [3.63, 3.8) is 0 Å². The average Bonchev–Trinajstić information content (AvgIpc) is 3.34. The first-order valence-corrected chi connectivity index (χ1v) is 15.0. The van der Waals surface area contributed by atoms with Gasteiger partial charge in [-0.25, -0.2) is 4.39 Å². The summed E-state index contributed by atoms with van der Waals surface area (Å²) in [7, 11) is 0. The summed E-state index contributed by atoms with van der Waals surface area (Å²) in [6.07, 6.45) is -3.79. The standard InChI is InChI=1S/C32H39F7N2O/c1-21(24-17-25(31(34,35)36)19-26(18-24)32(37,38)39)42-29-10-7-23(30(29)22-5-8-27(33)9-6-22)20-40-15-11-28(12-16-40)41-13-3-2-4-14-41/h5-6,8-9,17-19,21,23,28-30H,2-4,7,10-16,20H2,1H3. The lowest BCUT2D eigenvalue weighted by molar-refractivity contribution is -0.143. The molecule has 232 valence electrons. The van der Waals surface area contributed by atoms with Gasteiger partial charge in [0.2, 0.25) is 0 Å². The summed E-state index contributed by atoms with van der Waals surface area (Å²) in [5.41, 5.74) is -2.00. The molecule has 42 heavy (non-hydrogen) atoms. The zero-order valence-corrected chi connectivity index (χ0v) is 23.9. The predicted molar refractivity (Wildman–Crippen MR) is 146 cm³/mol. The summed E-state index contributed by atoms with van der Waals surface area (Å²) < 4.78 is 101. The summed E-state index contributed by atoms with van der Waals surface area (Å²) in [4.78, 5) is 5.09. The number of hydrogen-bond donors (Lipinski definition) is 0. The predicted octanol–water partition coefficient (Wildman–Crippen LogP) is 8.45. The van der Waals surface area contributed by atoms with Crippen molar-refractivity contribution in [1.82, 2.24) is 9.80 Å². The van der Waals surface area contributed by atoms with Crippen LogP contribution in [0.1, 0.15) is 86.1 Å². The van der Waals surface area contributed by atoms with Crippen LogP contribution in [0.15, 0.2) is 42.5 Å². The van der Waals surface area contributed by atoms with Gasteiger partial charge in [-0.05, 0) is 119 Å². The summed E-state index contributed by atoms with van der Waals surface area (Å²) >= 11 is 0. The molecule has 2 heterocycles. The lowest BCUT2D eigenvalue weighted by atomic mass is 9.86. The molecule has 2 aromatic rings. The van der Waals surface area contributed by atoms with E-state index in [1.807, 2.05) is 0 Å². The molecule has 0 N–H and O–H groups in total. The van der Waals surface area contributed by atoms with Gasteiger partial charge in [0, 0.05) is 18.5 Å². The molecule has 1 saturated carbocycles. The first-order chi connectivity index (χ1) is 19.9. The molecule has 2 aromatic carbocycles. The number of halogens is 7. The SMILES string of the molecule is CC(OC1CCC(CN2CCC(N3CCCCC3)CC2)C1c1ccc(F)cc1)c1cc(C(F)(F)F)cc(C(F)(F)F)c1. The molecule has 3 nitrogen and oxygen atoms in total. The van der Waals surface area contributed by atoms with Gasteiger partial charge in [0.1, 0.15) is 5.82 Å². The molecule has 1 aliphatic carbocycles. The van der Waals surface area contributed by atoms with E-state index < -0.39 is 35.7 Å². The monoisotopic (exact) mass is 600 g/mol. The average molecular weight is 601 g/mol. The van der Waals surface area contributed by atoms with E-state index in [-0.39, 0.29) is 29.3 Å². The molecule has 2 saturated heterocycles. The number of nitrogens with zero attached hydrogens (tertiary/aromatic N) is 2. The van der Waals surface area contributed by atoms with Crippen molar-refractivity contribution in [2.75, 3.05) is 32.7 Å². The van der Waals surface area contributed by atoms with Crippen molar-refractivity contribution in [1.29, 1.82) is 0 Å². The lowest BCUT2D eigenvalue weighted by Gasteiger charge is -2.41. The van der Waals surface area contributed by atoms with Crippen LogP contribution < -0.4 is 0 Å². The van der Waals surface area contributed by atoms with Crippen LogP contribution in [-0.2, 0) is 17.1 Å². The Hall–Kier alpha value is -2.17. The zero-order valence-electron chi connectivity index (χ0n) is 23.9. The maximum absolute atomic E-state index is 13.8. The van der Waals surface area contributed by atoms with Crippen LogP contribution in [0.5, 0.6) is 0 Å². The van der Waals surface area contributed by atoms with Crippen molar-refractivity contribution < 1.29 is 35.5 Å². The molecule has 3 fully saturated rings. The highest BCUT2D eigenvalue weighted by atomic mass is 19.4. The fourth-order valence-corrected chi connectivity index (χ4v) is 7.21. The Bertz CT molecular complexity index is 1140. The van der Waals surface area contributed by atoms with E-state index >= 15 is 0 Å². The molecule has 2 aliphatic heterocycles. The van der Waals surface area contributed by atoms with Crippen LogP contribution in [0.2, 0.25) is 0 Å². The number of alkyl halides is 6. The van der Waals surface area contributed by atoms with E-state index in [1.54, 1.807) is 12.1 Å². The number of ether oxygens (including phenoxy) is 1. The van der Waals surface area contributed by atoms with E-state index in [0.29, 0.717) is 12.5 Å². The van der Waals surface area contributed by atoms with E-state index in [0.717, 1.165) is 56.6 Å². The van der Waals surface area contributed by atoms with Crippen LogP contribution in [0.25, 0.3) is 0 Å². The molecular formula is C32H39F7N2O. The minimum Gasteiger partial charge on any atom is -0.370 e. The maximum Gasteiger partial charge on any atom is 0.416 e. The van der Waals surface area contributed by atoms with Gasteiger partial charge < -0.3 is 14.5 Å². The summed E-state index contributed by atoms with van der Waals surface area (Å²) in [5.74, 6) is -0.352. The first kappa shape index (κ1) is 31.3. The fraction of sp³-hybridized carbons (Fsp3) is 0.625. The van der Waals surface area contributed by atoms with Gasteiger partial charge >= 0.3 is 12.4 Å². The molecule has 10 heteroatoms. The Labute approximate surface area is 243 Å². The second-order valence-electron chi connectivity index (χ2n) is 12.2. The third-order valence-electron chi connectivity index (χ3n) is 9.40. The topological polar surface area (TPSA) is 15.7 Å². The Morgan fingerprint density at radius 2 is 1.38 bits per heavy atom. The van der Waals surface area contributed by atoms with Crippen LogP contribution in [0.3, 0.4) is 0 Å².